The van der Waals surface area contributed by atoms with Crippen LogP contribution < -0.4 is 11.1 Å². The third-order valence-electron chi connectivity index (χ3n) is 3.80. The maximum Gasteiger partial charge on any atom is 0.416 e. The van der Waals surface area contributed by atoms with Crippen molar-refractivity contribution in [2.75, 3.05) is 12.4 Å². The second-order valence-corrected chi connectivity index (χ2v) is 5.95. The molecule has 0 aliphatic carbocycles. The monoisotopic (exact) mass is 395 g/mol. The van der Waals surface area contributed by atoms with Crippen molar-refractivity contribution in [1.82, 2.24) is 15.0 Å². The first kappa shape index (κ1) is 18.7. The van der Waals surface area contributed by atoms with Crippen molar-refractivity contribution in [3.05, 3.63) is 52.7 Å². The zero-order valence-corrected chi connectivity index (χ0v) is 14.6. The normalized spacial score (nSPS) is 11.4. The summed E-state index contributed by atoms with van der Waals surface area (Å²) in [6, 6.07) is 5.84. The van der Waals surface area contributed by atoms with Crippen LogP contribution in [-0.4, -0.2) is 27.9 Å². The van der Waals surface area contributed by atoms with E-state index in [0.29, 0.717) is 11.5 Å². The van der Waals surface area contributed by atoms with E-state index in [1.54, 1.807) is 13.1 Å². The van der Waals surface area contributed by atoms with Gasteiger partial charge in [0.15, 0.2) is 5.82 Å². The van der Waals surface area contributed by atoms with E-state index in [4.69, 9.17) is 17.3 Å². The topological polar surface area (TPSA) is 96.7 Å². The Hall–Kier alpha value is -3.07. The number of aromatic amines is 1. The lowest BCUT2D eigenvalue weighted by Gasteiger charge is -2.10. The number of rotatable bonds is 4. The van der Waals surface area contributed by atoms with Crippen molar-refractivity contribution in [1.29, 1.82) is 0 Å². The lowest BCUT2D eigenvalue weighted by Crippen LogP contribution is -2.11. The van der Waals surface area contributed by atoms with Gasteiger partial charge in [0.2, 0.25) is 0 Å². The largest absolute Gasteiger partial charge is 0.416 e. The first-order valence-corrected chi connectivity index (χ1v) is 7.99. The first-order chi connectivity index (χ1) is 12.7. The second-order valence-electron chi connectivity index (χ2n) is 5.54. The van der Waals surface area contributed by atoms with Crippen LogP contribution in [0.2, 0.25) is 5.02 Å². The minimum absolute atomic E-state index is 0.00341. The summed E-state index contributed by atoms with van der Waals surface area (Å²) in [5, 5.41) is 2.87. The minimum atomic E-state index is -4.56. The second kappa shape index (κ2) is 6.92. The van der Waals surface area contributed by atoms with E-state index in [9.17, 15) is 18.0 Å². The number of nitrogens with zero attached hydrogens (tertiary/aromatic N) is 2. The molecule has 6 nitrogen and oxygen atoms in total. The number of carbonyl (C=O) groups excluding carboxylic acids is 1. The van der Waals surface area contributed by atoms with E-state index in [1.807, 2.05) is 0 Å². The van der Waals surface area contributed by atoms with Crippen LogP contribution in [0.3, 0.4) is 0 Å². The van der Waals surface area contributed by atoms with Crippen molar-refractivity contribution < 1.29 is 18.0 Å². The van der Waals surface area contributed by atoms with Crippen molar-refractivity contribution in [2.24, 2.45) is 5.73 Å². The van der Waals surface area contributed by atoms with E-state index in [0.717, 1.165) is 18.2 Å². The molecule has 0 aliphatic heterocycles. The fourth-order valence-corrected chi connectivity index (χ4v) is 2.71. The highest BCUT2D eigenvalue weighted by Crippen LogP contribution is 2.37. The predicted molar refractivity (Wildman–Crippen MR) is 95.3 cm³/mol. The van der Waals surface area contributed by atoms with Gasteiger partial charge < -0.3 is 16.0 Å². The van der Waals surface area contributed by atoms with E-state index < -0.39 is 17.6 Å². The summed E-state index contributed by atoms with van der Waals surface area (Å²) < 4.78 is 39.2. The summed E-state index contributed by atoms with van der Waals surface area (Å²) in [6.45, 7) is 0. The molecule has 3 rings (SSSR count). The van der Waals surface area contributed by atoms with Crippen LogP contribution in [0.4, 0.5) is 19.0 Å². The van der Waals surface area contributed by atoms with Gasteiger partial charge >= 0.3 is 6.18 Å². The number of alkyl halides is 3. The van der Waals surface area contributed by atoms with Crippen LogP contribution in [0.5, 0.6) is 0 Å². The molecule has 1 amide bonds. The fourth-order valence-electron chi connectivity index (χ4n) is 2.50. The van der Waals surface area contributed by atoms with Crippen LogP contribution in [0.25, 0.3) is 22.8 Å². The molecule has 27 heavy (non-hydrogen) atoms. The van der Waals surface area contributed by atoms with Gasteiger partial charge in [-0.05, 0) is 30.3 Å². The lowest BCUT2D eigenvalue weighted by atomic mass is 10.0. The quantitative estimate of drug-likeness (QED) is 0.623. The Morgan fingerprint density at radius 1 is 1.26 bits per heavy atom. The molecule has 0 saturated carbocycles. The Bertz CT molecular complexity index is 1020. The molecular formula is C17H13ClF3N5O. The van der Waals surface area contributed by atoms with Crippen LogP contribution in [0.15, 0.2) is 36.5 Å². The number of nitrogens with one attached hydrogen (secondary N) is 2. The zero-order chi connectivity index (χ0) is 19.8. The Kier molecular flexibility index (Phi) is 4.79. The number of aromatic nitrogens is 3. The molecule has 0 atom stereocenters. The molecule has 0 bridgehead atoms. The molecule has 0 unspecified atom stereocenters. The van der Waals surface area contributed by atoms with Gasteiger partial charge in [0.05, 0.1) is 22.5 Å². The highest BCUT2D eigenvalue weighted by atomic mass is 35.5. The minimum Gasteiger partial charge on any atom is -0.373 e. The van der Waals surface area contributed by atoms with Gasteiger partial charge in [-0.3, -0.25) is 4.79 Å². The summed E-state index contributed by atoms with van der Waals surface area (Å²) >= 11 is 6.08. The van der Waals surface area contributed by atoms with Crippen molar-refractivity contribution in [3.63, 3.8) is 0 Å². The average molecular weight is 396 g/mol. The molecule has 2 heterocycles. The number of carbonyl (C=O) groups is 1. The number of primary amides is 1. The molecule has 0 saturated heterocycles. The molecule has 140 valence electrons. The molecule has 1 aromatic carbocycles. The van der Waals surface area contributed by atoms with Gasteiger partial charge in [0.1, 0.15) is 5.82 Å². The molecule has 0 spiro atoms. The van der Waals surface area contributed by atoms with Crippen LogP contribution in [0.1, 0.15) is 15.9 Å². The Morgan fingerprint density at radius 2 is 2.00 bits per heavy atom. The van der Waals surface area contributed by atoms with Crippen molar-refractivity contribution in [2.45, 2.75) is 6.18 Å². The van der Waals surface area contributed by atoms with Crippen LogP contribution in [-0.2, 0) is 6.18 Å². The van der Waals surface area contributed by atoms with Gasteiger partial charge in [-0.1, -0.05) is 11.6 Å². The van der Waals surface area contributed by atoms with Gasteiger partial charge in [0, 0.05) is 23.8 Å². The Balaban J connectivity index is 2.19. The van der Waals surface area contributed by atoms with Crippen molar-refractivity contribution in [3.8, 4) is 22.8 Å². The van der Waals surface area contributed by atoms with Crippen LogP contribution in [0, 0.1) is 0 Å². The smallest absolute Gasteiger partial charge is 0.373 e. The van der Waals surface area contributed by atoms with E-state index in [-0.39, 0.29) is 27.7 Å². The lowest BCUT2D eigenvalue weighted by molar-refractivity contribution is -0.137. The fraction of sp³-hybridized carbons (Fsp3) is 0.118. The zero-order valence-electron chi connectivity index (χ0n) is 13.9. The maximum atomic E-state index is 13.1. The highest BCUT2D eigenvalue weighted by Gasteiger charge is 2.31. The number of halogens is 4. The molecule has 4 N–H and O–H groups in total. The first-order valence-electron chi connectivity index (χ1n) is 7.62. The molecule has 0 radical (unpaired) electrons. The number of hydrogen-bond donors (Lipinski definition) is 3. The van der Waals surface area contributed by atoms with Crippen LogP contribution >= 0.6 is 11.6 Å². The van der Waals surface area contributed by atoms with E-state index in [2.05, 4.69) is 20.3 Å². The predicted octanol–water partition coefficient (Wildman–Crippen LogP) is 3.95. The van der Waals surface area contributed by atoms with Gasteiger partial charge in [-0.15, -0.1) is 0 Å². The van der Waals surface area contributed by atoms with Crippen molar-refractivity contribution >= 4 is 23.3 Å². The maximum absolute atomic E-state index is 13.1. The number of benzene rings is 1. The Morgan fingerprint density at radius 3 is 2.63 bits per heavy atom. The van der Waals surface area contributed by atoms with Gasteiger partial charge in [-0.2, -0.15) is 13.2 Å². The summed E-state index contributed by atoms with van der Waals surface area (Å²) in [5.74, 6) is -0.0710. The molecular weight excluding hydrogens is 383 g/mol. The third kappa shape index (κ3) is 3.72. The number of hydrogen-bond acceptors (Lipinski definition) is 4. The van der Waals surface area contributed by atoms with Gasteiger partial charge in [0.25, 0.3) is 5.91 Å². The number of nitrogens with two attached hydrogens (primary N) is 1. The third-order valence-corrected chi connectivity index (χ3v) is 4.13. The number of amides is 1. The average Bonchev–Trinajstić information content (AvgIpc) is 3.06. The summed E-state index contributed by atoms with van der Waals surface area (Å²) in [7, 11) is 1.67. The van der Waals surface area contributed by atoms with E-state index in [1.165, 1.54) is 12.3 Å². The highest BCUT2D eigenvalue weighted by molar-refractivity contribution is 6.33. The summed E-state index contributed by atoms with van der Waals surface area (Å²) in [4.78, 5) is 23.0. The number of H-pyrrole nitrogens is 1. The molecule has 3 aromatic rings. The SMILES string of the molecule is CNc1ccnc(-c2cc(C(N)=O)c(-c3cc(C(F)(F)F)ccc3Cl)[nH]2)n1. The molecule has 0 fully saturated rings. The standard InChI is InChI=1S/C17H13ClF3N5O/c1-23-13-4-5-24-16(26-13)12-7-10(15(22)27)14(25-12)9-6-8(17(19,20)21)2-3-11(9)18/h2-7,25H,1H3,(H2,22,27)(H,23,24,26). The Labute approximate surface area is 156 Å². The summed E-state index contributed by atoms with van der Waals surface area (Å²) in [6.07, 6.45) is -3.07. The molecule has 0 aliphatic rings. The number of anilines is 1. The van der Waals surface area contributed by atoms with Gasteiger partial charge in [-0.25, -0.2) is 9.97 Å². The molecule has 2 aromatic heterocycles. The van der Waals surface area contributed by atoms with E-state index >= 15 is 0 Å². The summed E-state index contributed by atoms with van der Waals surface area (Å²) in [5.41, 5.74) is 4.84. The molecule has 10 heteroatoms.